The highest BCUT2D eigenvalue weighted by Crippen LogP contribution is 2.11. The molecule has 0 bridgehead atoms. The molecule has 0 radical (unpaired) electrons. The number of hydrogen-bond donors (Lipinski definition) is 0. The summed E-state index contributed by atoms with van der Waals surface area (Å²) in [5.41, 5.74) is 0. The minimum absolute atomic E-state index is 0.841. The molecule has 3 heteroatoms. The first kappa shape index (κ1) is 12.0. The number of nitrogens with zero attached hydrogens (tertiary/aromatic N) is 1. The third kappa shape index (κ3) is 3.79. The van der Waals surface area contributed by atoms with Gasteiger partial charge in [0, 0.05) is 0 Å². The van der Waals surface area contributed by atoms with Gasteiger partial charge in [0.05, 0.1) is 25.6 Å². The molecule has 0 saturated heterocycles. The van der Waals surface area contributed by atoms with E-state index >= 15 is 0 Å². The first-order valence-electron chi connectivity index (χ1n) is 6.15. The normalized spacial score (nSPS) is 11.2. The summed E-state index contributed by atoms with van der Waals surface area (Å²) in [6.07, 6.45) is 5.84. The summed E-state index contributed by atoms with van der Waals surface area (Å²) >= 11 is 0. The van der Waals surface area contributed by atoms with Gasteiger partial charge in [0.15, 0.2) is 0 Å². The fourth-order valence-electron chi connectivity index (χ4n) is 1.84. The molecule has 3 nitrogen and oxygen atoms in total. The molecule has 2 aromatic heterocycles. The summed E-state index contributed by atoms with van der Waals surface area (Å²) in [5.74, 6) is 2.01. The van der Waals surface area contributed by atoms with E-state index in [0.717, 1.165) is 31.2 Å². The van der Waals surface area contributed by atoms with E-state index in [1.165, 1.54) is 12.8 Å². The van der Waals surface area contributed by atoms with Gasteiger partial charge in [0.1, 0.15) is 11.5 Å². The zero-order valence-corrected chi connectivity index (χ0v) is 10.3. The van der Waals surface area contributed by atoms with Crippen LogP contribution in [-0.2, 0) is 13.1 Å². The summed E-state index contributed by atoms with van der Waals surface area (Å²) in [7, 11) is 0. The summed E-state index contributed by atoms with van der Waals surface area (Å²) < 4.78 is 10.8. The Morgan fingerprint density at radius 3 is 2.00 bits per heavy atom. The quantitative estimate of drug-likeness (QED) is 0.730. The maximum Gasteiger partial charge on any atom is 0.117 e. The fraction of sp³-hybridized carbons (Fsp3) is 0.429. The molecule has 0 unspecified atom stereocenters. The molecule has 0 saturated carbocycles. The molecule has 0 atom stereocenters. The van der Waals surface area contributed by atoms with Crippen molar-refractivity contribution in [3.63, 3.8) is 0 Å². The largest absolute Gasteiger partial charge is 0.468 e. The first-order valence-corrected chi connectivity index (χ1v) is 6.15. The summed E-state index contributed by atoms with van der Waals surface area (Å²) in [6, 6.07) is 7.89. The van der Waals surface area contributed by atoms with Gasteiger partial charge in [-0.15, -0.1) is 0 Å². The van der Waals surface area contributed by atoms with Crippen LogP contribution in [0.3, 0.4) is 0 Å². The van der Waals surface area contributed by atoms with E-state index in [4.69, 9.17) is 8.83 Å². The molecule has 0 aromatic carbocycles. The smallest absolute Gasteiger partial charge is 0.117 e. The molecule has 17 heavy (non-hydrogen) atoms. The molecule has 0 aliphatic rings. The van der Waals surface area contributed by atoms with Crippen molar-refractivity contribution in [1.82, 2.24) is 4.90 Å². The van der Waals surface area contributed by atoms with Gasteiger partial charge in [0.25, 0.3) is 0 Å². The van der Waals surface area contributed by atoms with Crippen LogP contribution in [0.1, 0.15) is 31.3 Å². The maximum absolute atomic E-state index is 5.39. The number of hydrogen-bond acceptors (Lipinski definition) is 3. The van der Waals surface area contributed by atoms with Gasteiger partial charge in [-0.05, 0) is 37.2 Å². The van der Waals surface area contributed by atoms with E-state index in [-0.39, 0.29) is 0 Å². The Labute approximate surface area is 102 Å². The Kier molecular flexibility index (Phi) is 4.45. The molecule has 0 fully saturated rings. The molecule has 0 N–H and O–H groups in total. The number of rotatable bonds is 7. The van der Waals surface area contributed by atoms with Gasteiger partial charge >= 0.3 is 0 Å². The minimum atomic E-state index is 0.841. The van der Waals surface area contributed by atoms with Crippen molar-refractivity contribution in [3.05, 3.63) is 48.3 Å². The van der Waals surface area contributed by atoms with Gasteiger partial charge < -0.3 is 8.83 Å². The predicted octanol–water partition coefficient (Wildman–Crippen LogP) is 3.67. The highest BCUT2D eigenvalue weighted by Gasteiger charge is 2.09. The molecular weight excluding hydrogens is 214 g/mol. The van der Waals surface area contributed by atoms with Crippen molar-refractivity contribution in [2.24, 2.45) is 0 Å². The van der Waals surface area contributed by atoms with Crippen molar-refractivity contribution in [2.75, 3.05) is 6.54 Å². The topological polar surface area (TPSA) is 29.5 Å². The molecule has 2 rings (SSSR count). The van der Waals surface area contributed by atoms with Crippen LogP contribution >= 0.6 is 0 Å². The second-order valence-electron chi connectivity index (χ2n) is 4.22. The first-order chi connectivity index (χ1) is 8.38. The Bertz CT molecular complexity index is 356. The van der Waals surface area contributed by atoms with E-state index < -0.39 is 0 Å². The third-order valence-electron chi connectivity index (χ3n) is 2.75. The van der Waals surface area contributed by atoms with Gasteiger partial charge in [-0.1, -0.05) is 13.3 Å². The van der Waals surface area contributed by atoms with Crippen LogP contribution < -0.4 is 0 Å². The maximum atomic E-state index is 5.39. The van der Waals surface area contributed by atoms with Crippen molar-refractivity contribution in [3.8, 4) is 0 Å². The molecule has 0 spiro atoms. The monoisotopic (exact) mass is 233 g/mol. The van der Waals surface area contributed by atoms with Crippen molar-refractivity contribution in [1.29, 1.82) is 0 Å². The van der Waals surface area contributed by atoms with Crippen LogP contribution in [0.2, 0.25) is 0 Å². The van der Waals surface area contributed by atoms with Crippen LogP contribution in [0.15, 0.2) is 45.6 Å². The Morgan fingerprint density at radius 2 is 1.59 bits per heavy atom. The summed E-state index contributed by atoms with van der Waals surface area (Å²) in [6.45, 7) is 4.96. The molecule has 0 aliphatic heterocycles. The predicted molar refractivity (Wildman–Crippen MR) is 66.4 cm³/mol. The molecule has 2 heterocycles. The van der Waals surface area contributed by atoms with Crippen LogP contribution in [0.5, 0.6) is 0 Å². The Balaban J connectivity index is 1.92. The third-order valence-corrected chi connectivity index (χ3v) is 2.75. The fourth-order valence-corrected chi connectivity index (χ4v) is 1.84. The summed E-state index contributed by atoms with van der Waals surface area (Å²) in [4.78, 5) is 2.35. The van der Waals surface area contributed by atoms with Crippen molar-refractivity contribution in [2.45, 2.75) is 32.9 Å². The molecule has 0 aliphatic carbocycles. The van der Waals surface area contributed by atoms with E-state index in [1.54, 1.807) is 12.5 Å². The Morgan fingerprint density at radius 1 is 1.00 bits per heavy atom. The van der Waals surface area contributed by atoms with Crippen LogP contribution in [0.4, 0.5) is 0 Å². The average Bonchev–Trinajstić information content (AvgIpc) is 2.99. The lowest BCUT2D eigenvalue weighted by molar-refractivity contribution is 0.215. The molecule has 2 aromatic rings. The molecule has 0 amide bonds. The van der Waals surface area contributed by atoms with Crippen molar-refractivity contribution < 1.29 is 8.83 Å². The van der Waals surface area contributed by atoms with E-state index in [2.05, 4.69) is 11.8 Å². The second-order valence-corrected chi connectivity index (χ2v) is 4.22. The lowest BCUT2D eigenvalue weighted by Gasteiger charge is -2.19. The second kappa shape index (κ2) is 6.30. The van der Waals surface area contributed by atoms with E-state index in [0.29, 0.717) is 0 Å². The number of unbranched alkanes of at least 4 members (excludes halogenated alkanes) is 1. The van der Waals surface area contributed by atoms with Gasteiger partial charge in [-0.25, -0.2) is 0 Å². The average molecular weight is 233 g/mol. The lowest BCUT2D eigenvalue weighted by atomic mass is 10.3. The Hall–Kier alpha value is -1.48. The van der Waals surface area contributed by atoms with Gasteiger partial charge in [-0.2, -0.15) is 0 Å². The zero-order valence-electron chi connectivity index (χ0n) is 10.3. The van der Waals surface area contributed by atoms with Gasteiger partial charge in [0.2, 0.25) is 0 Å². The summed E-state index contributed by atoms with van der Waals surface area (Å²) in [5, 5.41) is 0. The SMILES string of the molecule is CCCCN(Cc1ccco1)Cc1ccco1. The highest BCUT2D eigenvalue weighted by atomic mass is 16.3. The minimum Gasteiger partial charge on any atom is -0.468 e. The zero-order chi connectivity index (χ0) is 11.9. The lowest BCUT2D eigenvalue weighted by Crippen LogP contribution is -2.23. The van der Waals surface area contributed by atoms with E-state index in [9.17, 15) is 0 Å². The van der Waals surface area contributed by atoms with Crippen LogP contribution in [0, 0.1) is 0 Å². The van der Waals surface area contributed by atoms with Crippen LogP contribution in [-0.4, -0.2) is 11.4 Å². The molecular formula is C14H19NO2. The number of furan rings is 2. The molecule has 92 valence electrons. The van der Waals surface area contributed by atoms with Gasteiger partial charge in [-0.3, -0.25) is 4.90 Å². The highest BCUT2D eigenvalue weighted by molar-refractivity contribution is 5.01. The van der Waals surface area contributed by atoms with E-state index in [1.807, 2.05) is 24.3 Å². The van der Waals surface area contributed by atoms with Crippen LogP contribution in [0.25, 0.3) is 0 Å². The standard InChI is InChI=1S/C14H19NO2/c1-2-3-8-15(11-13-6-4-9-16-13)12-14-7-5-10-17-14/h4-7,9-10H,2-3,8,11-12H2,1H3. The van der Waals surface area contributed by atoms with Crippen molar-refractivity contribution >= 4 is 0 Å².